The van der Waals surface area contributed by atoms with Crippen LogP contribution in [0.25, 0.3) is 11.0 Å². The highest BCUT2D eigenvalue weighted by atomic mass is 16.1. The molecule has 0 spiro atoms. The Hall–Kier alpha value is -3.26. The first kappa shape index (κ1) is 21.6. The minimum Gasteiger partial charge on any atom is -0.364 e. The average molecular weight is 447 g/mol. The number of rotatable bonds is 5. The SMILES string of the molecule is CCc1cc2ncc(CN3CCN(c4ccc(C(=O)NC)nc4)[C@H]4CC[C@@H]43)c(C)c2[nH]c1=O. The molecule has 172 valence electrons. The largest absolute Gasteiger partial charge is 0.364 e. The van der Waals surface area contributed by atoms with E-state index in [-0.39, 0.29) is 11.5 Å². The summed E-state index contributed by atoms with van der Waals surface area (Å²) in [5, 5.41) is 2.61. The van der Waals surface area contributed by atoms with Crippen molar-refractivity contribution in [2.75, 3.05) is 25.0 Å². The zero-order valence-electron chi connectivity index (χ0n) is 19.4. The molecule has 0 unspecified atom stereocenters. The van der Waals surface area contributed by atoms with Crippen molar-refractivity contribution in [2.24, 2.45) is 0 Å². The summed E-state index contributed by atoms with van der Waals surface area (Å²) in [7, 11) is 1.61. The van der Waals surface area contributed by atoms with E-state index in [1.54, 1.807) is 13.1 Å². The highest BCUT2D eigenvalue weighted by Crippen LogP contribution is 2.37. The second kappa shape index (κ2) is 8.59. The average Bonchev–Trinajstić information content (AvgIpc) is 2.81. The third-order valence-electron chi connectivity index (χ3n) is 7.31. The fraction of sp³-hybridized carbons (Fsp3) is 0.440. The second-order valence-electron chi connectivity index (χ2n) is 9.00. The molecule has 8 heteroatoms. The van der Waals surface area contributed by atoms with E-state index in [0.29, 0.717) is 24.2 Å². The van der Waals surface area contributed by atoms with Crippen LogP contribution in [0, 0.1) is 6.92 Å². The zero-order valence-corrected chi connectivity index (χ0v) is 19.4. The smallest absolute Gasteiger partial charge is 0.269 e. The summed E-state index contributed by atoms with van der Waals surface area (Å²) in [4.78, 5) is 41.2. The van der Waals surface area contributed by atoms with Gasteiger partial charge in [-0.15, -0.1) is 0 Å². The van der Waals surface area contributed by atoms with Gasteiger partial charge in [-0.25, -0.2) is 4.98 Å². The fourth-order valence-electron chi connectivity index (χ4n) is 5.15. The molecule has 1 aliphatic carbocycles. The summed E-state index contributed by atoms with van der Waals surface area (Å²) in [5.41, 5.74) is 6.24. The summed E-state index contributed by atoms with van der Waals surface area (Å²) in [6, 6.07) is 6.64. The number of hydrogen-bond donors (Lipinski definition) is 2. The number of amides is 1. The number of carbonyl (C=O) groups excluding carboxylic acids is 1. The van der Waals surface area contributed by atoms with Crippen molar-refractivity contribution in [3.63, 3.8) is 0 Å². The molecule has 0 bridgehead atoms. The minimum atomic E-state index is -0.167. The van der Waals surface area contributed by atoms with E-state index in [2.05, 4.69) is 37.0 Å². The molecule has 0 aromatic carbocycles. The summed E-state index contributed by atoms with van der Waals surface area (Å²) >= 11 is 0. The molecule has 3 aromatic rings. The molecule has 4 heterocycles. The molecule has 2 aliphatic rings. The molecule has 1 aliphatic heterocycles. The van der Waals surface area contributed by atoms with E-state index in [1.165, 1.54) is 6.42 Å². The summed E-state index contributed by atoms with van der Waals surface area (Å²) in [5.74, 6) is -0.167. The van der Waals surface area contributed by atoms with Gasteiger partial charge < -0.3 is 15.2 Å². The van der Waals surface area contributed by atoms with Gasteiger partial charge in [-0.3, -0.25) is 19.5 Å². The Morgan fingerprint density at radius 1 is 1.15 bits per heavy atom. The molecule has 8 nitrogen and oxygen atoms in total. The normalized spacial score (nSPS) is 20.4. The molecule has 5 rings (SSSR count). The van der Waals surface area contributed by atoms with Gasteiger partial charge in [-0.2, -0.15) is 0 Å². The van der Waals surface area contributed by atoms with Gasteiger partial charge in [0.25, 0.3) is 11.5 Å². The predicted octanol–water partition coefficient (Wildman–Crippen LogP) is 2.40. The van der Waals surface area contributed by atoms with Crippen molar-refractivity contribution in [2.45, 2.75) is 51.7 Å². The van der Waals surface area contributed by atoms with Crippen molar-refractivity contribution in [1.29, 1.82) is 0 Å². The first-order chi connectivity index (χ1) is 16.0. The summed E-state index contributed by atoms with van der Waals surface area (Å²) < 4.78 is 0. The molecule has 2 atom stereocenters. The number of nitrogens with zero attached hydrogens (tertiary/aromatic N) is 4. The van der Waals surface area contributed by atoms with Crippen molar-refractivity contribution < 1.29 is 4.79 Å². The van der Waals surface area contributed by atoms with Crippen LogP contribution in [0.1, 0.15) is 46.9 Å². The van der Waals surface area contributed by atoms with E-state index >= 15 is 0 Å². The van der Waals surface area contributed by atoms with Crippen LogP contribution in [-0.2, 0) is 13.0 Å². The lowest BCUT2D eigenvalue weighted by Gasteiger charge is -2.54. The van der Waals surface area contributed by atoms with Gasteiger partial charge in [-0.05, 0) is 55.5 Å². The summed E-state index contributed by atoms with van der Waals surface area (Å²) in [6.45, 7) is 6.75. The third kappa shape index (κ3) is 3.78. The first-order valence-electron chi connectivity index (χ1n) is 11.7. The Kier molecular flexibility index (Phi) is 5.62. The molecule has 1 saturated heterocycles. The molecule has 3 aromatic heterocycles. The third-order valence-corrected chi connectivity index (χ3v) is 7.31. The number of anilines is 1. The fourth-order valence-corrected chi connectivity index (χ4v) is 5.15. The number of carbonyl (C=O) groups is 1. The molecule has 2 N–H and O–H groups in total. The van der Waals surface area contributed by atoms with Crippen LogP contribution in [0.3, 0.4) is 0 Å². The number of aromatic nitrogens is 3. The van der Waals surface area contributed by atoms with Crippen molar-refractivity contribution in [3.05, 3.63) is 63.3 Å². The number of hydrogen-bond acceptors (Lipinski definition) is 6. The van der Waals surface area contributed by atoms with Crippen LogP contribution >= 0.6 is 0 Å². The molecular weight excluding hydrogens is 416 g/mol. The highest BCUT2D eigenvalue weighted by molar-refractivity contribution is 5.92. The Morgan fingerprint density at radius 3 is 2.64 bits per heavy atom. The van der Waals surface area contributed by atoms with Crippen molar-refractivity contribution in [3.8, 4) is 0 Å². The van der Waals surface area contributed by atoms with Crippen LogP contribution in [-0.4, -0.2) is 58.0 Å². The maximum absolute atomic E-state index is 12.3. The predicted molar refractivity (Wildman–Crippen MR) is 129 cm³/mol. The van der Waals surface area contributed by atoms with Gasteiger partial charge in [0.1, 0.15) is 5.69 Å². The van der Waals surface area contributed by atoms with Crippen LogP contribution in [0.2, 0.25) is 0 Å². The highest BCUT2D eigenvalue weighted by Gasteiger charge is 2.43. The van der Waals surface area contributed by atoms with E-state index < -0.39 is 0 Å². The van der Waals surface area contributed by atoms with E-state index in [9.17, 15) is 9.59 Å². The maximum atomic E-state index is 12.3. The standard InChI is InChI=1S/C25H30N6O2/c1-4-16-11-20-23(29-24(16)32)15(2)17(12-27-20)14-30-9-10-31(22-8-7-21(22)30)18-5-6-19(28-13-18)25(33)26-3/h5-6,11-13,21-22H,4,7-10,14H2,1-3H3,(H,26,33)(H,29,32)/t21-,22-/m0/s1. The number of H-pyrrole nitrogens is 1. The van der Waals surface area contributed by atoms with Gasteiger partial charge in [0.05, 0.1) is 22.9 Å². The molecule has 1 saturated carbocycles. The van der Waals surface area contributed by atoms with Gasteiger partial charge in [0.2, 0.25) is 0 Å². The Labute approximate surface area is 193 Å². The van der Waals surface area contributed by atoms with Crippen LogP contribution in [0.15, 0.2) is 35.4 Å². The van der Waals surface area contributed by atoms with E-state index in [4.69, 9.17) is 0 Å². The number of piperazine rings is 1. The van der Waals surface area contributed by atoms with Gasteiger partial charge in [-0.1, -0.05) is 6.92 Å². The lowest BCUT2D eigenvalue weighted by atomic mass is 9.81. The number of pyridine rings is 3. The van der Waals surface area contributed by atoms with E-state index in [1.807, 2.05) is 31.5 Å². The van der Waals surface area contributed by atoms with Crippen molar-refractivity contribution in [1.82, 2.24) is 25.2 Å². The maximum Gasteiger partial charge on any atom is 0.269 e. The second-order valence-corrected chi connectivity index (χ2v) is 9.00. The molecule has 1 amide bonds. The molecule has 2 fully saturated rings. The zero-order chi connectivity index (χ0) is 23.1. The first-order valence-corrected chi connectivity index (χ1v) is 11.7. The van der Waals surface area contributed by atoms with Gasteiger partial charge >= 0.3 is 0 Å². The Bertz CT molecular complexity index is 1250. The van der Waals surface area contributed by atoms with Crippen LogP contribution in [0.4, 0.5) is 5.69 Å². The lowest BCUT2D eigenvalue weighted by molar-refractivity contribution is 0.0657. The van der Waals surface area contributed by atoms with Gasteiger partial charge in [0.15, 0.2) is 0 Å². The van der Waals surface area contributed by atoms with Crippen molar-refractivity contribution >= 4 is 22.6 Å². The quantitative estimate of drug-likeness (QED) is 0.625. The monoisotopic (exact) mass is 446 g/mol. The molecule has 33 heavy (non-hydrogen) atoms. The molecular formula is C25H30N6O2. The van der Waals surface area contributed by atoms with Crippen LogP contribution < -0.4 is 15.8 Å². The van der Waals surface area contributed by atoms with E-state index in [0.717, 1.165) is 59.5 Å². The van der Waals surface area contributed by atoms with Gasteiger partial charge in [0, 0.05) is 50.5 Å². The number of aromatic amines is 1. The lowest BCUT2D eigenvalue weighted by Crippen LogP contribution is -2.64. The minimum absolute atomic E-state index is 0.0178. The number of fused-ring (bicyclic) bond motifs is 2. The summed E-state index contributed by atoms with van der Waals surface area (Å²) in [6.07, 6.45) is 6.80. The Balaban J connectivity index is 1.34. The topological polar surface area (TPSA) is 94.2 Å². The number of aryl methyl sites for hydroxylation is 2. The Morgan fingerprint density at radius 2 is 1.97 bits per heavy atom. The molecule has 0 radical (unpaired) electrons. The number of nitrogens with one attached hydrogen (secondary N) is 2. The van der Waals surface area contributed by atoms with Crippen LogP contribution in [0.5, 0.6) is 0 Å².